The lowest BCUT2D eigenvalue weighted by molar-refractivity contribution is 0.165. The van der Waals surface area contributed by atoms with Crippen molar-refractivity contribution >= 4 is 22.7 Å². The van der Waals surface area contributed by atoms with Crippen LogP contribution >= 0.6 is 11.6 Å². The molecule has 1 aliphatic rings. The first-order chi connectivity index (χ1) is 11.6. The summed E-state index contributed by atoms with van der Waals surface area (Å²) >= 11 is 6.11. The first-order valence-electron chi connectivity index (χ1n) is 8.25. The summed E-state index contributed by atoms with van der Waals surface area (Å²) in [5, 5.41) is 0.619. The van der Waals surface area contributed by atoms with Gasteiger partial charge in [0.1, 0.15) is 0 Å². The number of hydrogen-bond acceptors (Lipinski definition) is 3. The van der Waals surface area contributed by atoms with Crippen molar-refractivity contribution in [2.75, 3.05) is 13.1 Å². The number of aromatic nitrogens is 2. The van der Waals surface area contributed by atoms with E-state index < -0.39 is 0 Å². The molecule has 0 unspecified atom stereocenters. The molecule has 4 rings (SSSR count). The maximum absolute atomic E-state index is 12.4. The summed E-state index contributed by atoms with van der Waals surface area (Å²) in [6.45, 7) is 2.78. The van der Waals surface area contributed by atoms with E-state index in [1.165, 1.54) is 5.69 Å². The predicted octanol–water partition coefficient (Wildman–Crippen LogP) is 3.42. The van der Waals surface area contributed by atoms with E-state index in [1.54, 1.807) is 16.7 Å². The molecule has 2 aromatic heterocycles. The number of aryl methyl sites for hydroxylation is 1. The predicted molar refractivity (Wildman–Crippen MR) is 94.4 cm³/mol. The lowest BCUT2D eigenvalue weighted by atomic mass is 10.0. The Labute approximate surface area is 145 Å². The van der Waals surface area contributed by atoms with Crippen LogP contribution in [0.15, 0.2) is 45.7 Å². The molecule has 0 radical (unpaired) electrons. The maximum atomic E-state index is 12.4. The summed E-state index contributed by atoms with van der Waals surface area (Å²) < 4.78 is 9.31. The topological polar surface area (TPSA) is 43.3 Å². The Morgan fingerprint density at radius 3 is 3.00 bits per heavy atom. The average molecular weight is 346 g/mol. The largest absolute Gasteiger partial charge is 0.420 e. The molecule has 1 aliphatic heterocycles. The van der Waals surface area contributed by atoms with Crippen molar-refractivity contribution in [3.63, 3.8) is 0 Å². The van der Waals surface area contributed by atoms with Gasteiger partial charge >= 0.3 is 5.76 Å². The van der Waals surface area contributed by atoms with Crippen molar-refractivity contribution in [3.8, 4) is 0 Å². The minimum Gasteiger partial charge on any atom is -0.408 e. The third kappa shape index (κ3) is 2.78. The Balaban J connectivity index is 1.62. The quantitative estimate of drug-likeness (QED) is 0.730. The molecule has 1 aromatic carbocycles. The van der Waals surface area contributed by atoms with Gasteiger partial charge in [-0.2, -0.15) is 0 Å². The number of likely N-dealkylation sites (tertiary alicyclic amines) is 1. The zero-order valence-corrected chi connectivity index (χ0v) is 14.4. The second-order valence-electron chi connectivity index (χ2n) is 6.49. The zero-order valence-electron chi connectivity index (χ0n) is 13.6. The number of fused-ring (bicyclic) bond motifs is 1. The smallest absolute Gasteiger partial charge is 0.408 e. The number of hydrogen-bond donors (Lipinski definition) is 0. The van der Waals surface area contributed by atoms with Crippen molar-refractivity contribution in [2.24, 2.45) is 7.05 Å². The number of oxazole rings is 1. The molecule has 0 saturated carbocycles. The van der Waals surface area contributed by atoms with Gasteiger partial charge in [0.15, 0.2) is 5.58 Å². The molecule has 3 heterocycles. The van der Waals surface area contributed by atoms with Crippen LogP contribution < -0.4 is 5.76 Å². The number of piperidine rings is 1. The van der Waals surface area contributed by atoms with E-state index in [0.717, 1.165) is 38.0 Å². The second kappa shape index (κ2) is 6.15. The van der Waals surface area contributed by atoms with Gasteiger partial charge in [0, 0.05) is 37.1 Å². The molecule has 0 bridgehead atoms. The van der Waals surface area contributed by atoms with Crippen LogP contribution in [0.3, 0.4) is 0 Å². The molecule has 5 nitrogen and oxygen atoms in total. The molecule has 0 amide bonds. The fourth-order valence-electron chi connectivity index (χ4n) is 3.63. The van der Waals surface area contributed by atoms with Crippen LogP contribution in [0.2, 0.25) is 5.02 Å². The average Bonchev–Trinajstić information content (AvgIpc) is 3.10. The standard InChI is InChI=1S/C18H20ClN3O2/c1-20-8-2-4-14(20)11-21-9-3-5-15(12-21)22-16-10-13(19)6-7-17(16)24-18(22)23/h2,4,6-8,10,15H,3,5,9,11-12H2,1H3/t15-/m1/s1. The van der Waals surface area contributed by atoms with E-state index in [9.17, 15) is 4.79 Å². The maximum Gasteiger partial charge on any atom is 0.420 e. The van der Waals surface area contributed by atoms with E-state index in [0.29, 0.717) is 10.6 Å². The van der Waals surface area contributed by atoms with E-state index in [2.05, 4.69) is 34.8 Å². The summed E-state index contributed by atoms with van der Waals surface area (Å²) in [5.74, 6) is -0.294. The first kappa shape index (κ1) is 15.5. The van der Waals surface area contributed by atoms with Gasteiger partial charge in [0.2, 0.25) is 0 Å². The molecular formula is C18H20ClN3O2. The van der Waals surface area contributed by atoms with E-state index in [-0.39, 0.29) is 11.8 Å². The lowest BCUT2D eigenvalue weighted by Gasteiger charge is -2.33. The van der Waals surface area contributed by atoms with Crippen LogP contribution in [0.5, 0.6) is 0 Å². The van der Waals surface area contributed by atoms with Crippen molar-refractivity contribution < 1.29 is 4.42 Å². The number of nitrogens with zero attached hydrogens (tertiary/aromatic N) is 3. The molecule has 1 saturated heterocycles. The van der Waals surface area contributed by atoms with Crippen LogP contribution in [-0.2, 0) is 13.6 Å². The van der Waals surface area contributed by atoms with E-state index in [4.69, 9.17) is 16.0 Å². The molecule has 0 spiro atoms. The highest BCUT2D eigenvalue weighted by Crippen LogP contribution is 2.27. The molecule has 0 N–H and O–H groups in total. The normalized spacial score (nSPS) is 19.2. The highest BCUT2D eigenvalue weighted by atomic mass is 35.5. The van der Waals surface area contributed by atoms with Crippen LogP contribution in [-0.4, -0.2) is 27.1 Å². The van der Waals surface area contributed by atoms with Crippen LogP contribution in [0.25, 0.3) is 11.1 Å². The highest BCUT2D eigenvalue weighted by Gasteiger charge is 2.25. The highest BCUT2D eigenvalue weighted by molar-refractivity contribution is 6.31. The number of benzene rings is 1. The van der Waals surface area contributed by atoms with Gasteiger partial charge in [-0.15, -0.1) is 0 Å². The van der Waals surface area contributed by atoms with Crippen LogP contribution in [0.4, 0.5) is 0 Å². The summed E-state index contributed by atoms with van der Waals surface area (Å²) in [6.07, 6.45) is 4.10. The molecule has 0 aliphatic carbocycles. The molecular weight excluding hydrogens is 326 g/mol. The third-order valence-corrected chi connectivity index (χ3v) is 5.09. The van der Waals surface area contributed by atoms with Crippen LogP contribution in [0, 0.1) is 0 Å². The Bertz CT molecular complexity index is 924. The van der Waals surface area contributed by atoms with E-state index in [1.807, 2.05) is 6.07 Å². The summed E-state index contributed by atoms with van der Waals surface area (Å²) in [6, 6.07) is 9.65. The van der Waals surface area contributed by atoms with Gasteiger partial charge in [-0.1, -0.05) is 11.6 Å². The molecule has 6 heteroatoms. The summed E-state index contributed by atoms with van der Waals surface area (Å²) in [5.41, 5.74) is 2.67. The van der Waals surface area contributed by atoms with Crippen molar-refractivity contribution in [1.29, 1.82) is 0 Å². The fourth-order valence-corrected chi connectivity index (χ4v) is 3.79. The Hall–Kier alpha value is -1.98. The first-order valence-corrected chi connectivity index (χ1v) is 8.63. The monoisotopic (exact) mass is 345 g/mol. The van der Waals surface area contributed by atoms with Gasteiger partial charge in [0.25, 0.3) is 0 Å². The molecule has 1 fully saturated rings. The molecule has 1 atom stereocenters. The fraction of sp³-hybridized carbons (Fsp3) is 0.389. The SMILES string of the molecule is Cn1cccc1CN1CCC[C@@H](n2c(=O)oc3ccc(Cl)cc32)C1. The van der Waals surface area contributed by atoms with Gasteiger partial charge in [0.05, 0.1) is 11.6 Å². The van der Waals surface area contributed by atoms with Crippen LogP contribution in [0.1, 0.15) is 24.6 Å². The van der Waals surface area contributed by atoms with Crippen molar-refractivity contribution in [3.05, 3.63) is 57.8 Å². The third-order valence-electron chi connectivity index (χ3n) is 4.86. The minimum atomic E-state index is -0.294. The Morgan fingerprint density at radius 1 is 1.33 bits per heavy atom. The minimum absolute atomic E-state index is 0.117. The molecule has 126 valence electrons. The van der Waals surface area contributed by atoms with Gasteiger partial charge in [-0.25, -0.2) is 4.79 Å². The molecule has 24 heavy (non-hydrogen) atoms. The van der Waals surface area contributed by atoms with Crippen molar-refractivity contribution in [1.82, 2.24) is 14.0 Å². The second-order valence-corrected chi connectivity index (χ2v) is 6.93. The summed E-state index contributed by atoms with van der Waals surface area (Å²) in [7, 11) is 2.06. The molecule has 3 aromatic rings. The van der Waals surface area contributed by atoms with Gasteiger partial charge in [-0.05, 0) is 49.7 Å². The number of rotatable bonds is 3. The lowest BCUT2D eigenvalue weighted by Crippen LogP contribution is -2.38. The zero-order chi connectivity index (χ0) is 16.7. The Morgan fingerprint density at radius 2 is 2.21 bits per heavy atom. The number of halogens is 1. The summed E-state index contributed by atoms with van der Waals surface area (Å²) in [4.78, 5) is 14.8. The van der Waals surface area contributed by atoms with Crippen molar-refractivity contribution in [2.45, 2.75) is 25.4 Å². The van der Waals surface area contributed by atoms with Gasteiger partial charge < -0.3 is 8.98 Å². The van der Waals surface area contributed by atoms with Gasteiger partial charge in [-0.3, -0.25) is 9.47 Å². The van der Waals surface area contributed by atoms with E-state index >= 15 is 0 Å². The Kier molecular flexibility index (Phi) is 3.98.